The van der Waals surface area contributed by atoms with Crippen molar-refractivity contribution in [1.82, 2.24) is 5.43 Å². The van der Waals surface area contributed by atoms with Gasteiger partial charge in [0.1, 0.15) is 0 Å². The maximum Gasteiger partial charge on any atom is 0.243 e. The highest BCUT2D eigenvalue weighted by atomic mass is 16.2. The van der Waals surface area contributed by atoms with E-state index in [0.29, 0.717) is 11.8 Å². The molecule has 2 saturated carbocycles. The fraction of sp³-hybridized carbons (Fsp3) is 0.556. The van der Waals surface area contributed by atoms with Crippen molar-refractivity contribution in [2.45, 2.75) is 46.5 Å². The molecular weight excluding hydrogens is 260 g/mol. The first kappa shape index (κ1) is 14.3. The van der Waals surface area contributed by atoms with Crippen molar-refractivity contribution >= 4 is 11.6 Å². The molecule has 0 aliphatic heterocycles. The molecule has 0 spiro atoms. The van der Waals surface area contributed by atoms with Crippen LogP contribution in [-0.2, 0) is 4.79 Å². The third kappa shape index (κ3) is 2.87. The molecule has 2 aliphatic carbocycles. The second-order valence-electron chi connectivity index (χ2n) is 6.61. The van der Waals surface area contributed by atoms with E-state index in [-0.39, 0.29) is 11.8 Å². The third-order valence-electron chi connectivity index (χ3n) is 5.22. The first-order valence-corrected chi connectivity index (χ1v) is 7.99. The fourth-order valence-electron chi connectivity index (χ4n) is 3.63. The van der Waals surface area contributed by atoms with Crippen molar-refractivity contribution in [1.29, 1.82) is 0 Å². The summed E-state index contributed by atoms with van der Waals surface area (Å²) in [4.78, 5) is 12.2. The van der Waals surface area contributed by atoms with Crippen LogP contribution < -0.4 is 5.43 Å². The molecule has 0 radical (unpaired) electrons. The van der Waals surface area contributed by atoms with E-state index in [1.165, 1.54) is 36.8 Å². The van der Waals surface area contributed by atoms with E-state index in [0.717, 1.165) is 11.3 Å². The number of hydrogen-bond acceptors (Lipinski definition) is 2. The molecule has 2 fully saturated rings. The lowest BCUT2D eigenvalue weighted by Crippen LogP contribution is -2.22. The average Bonchev–Trinajstić information content (AvgIpc) is 3.21. The number of nitrogens with zero attached hydrogens (tertiary/aromatic N) is 1. The van der Waals surface area contributed by atoms with E-state index >= 15 is 0 Å². The van der Waals surface area contributed by atoms with Crippen molar-refractivity contribution < 1.29 is 4.79 Å². The Morgan fingerprint density at radius 3 is 2.43 bits per heavy atom. The van der Waals surface area contributed by atoms with E-state index in [1.54, 1.807) is 0 Å². The van der Waals surface area contributed by atoms with Gasteiger partial charge in [0, 0.05) is 5.92 Å². The molecule has 0 bridgehead atoms. The zero-order valence-corrected chi connectivity index (χ0v) is 13.1. The van der Waals surface area contributed by atoms with Gasteiger partial charge in [0.2, 0.25) is 5.91 Å². The highest BCUT2D eigenvalue weighted by Crippen LogP contribution is 2.55. The fourth-order valence-corrected chi connectivity index (χ4v) is 3.63. The predicted molar refractivity (Wildman–Crippen MR) is 85.2 cm³/mol. The molecule has 3 nitrogen and oxygen atoms in total. The van der Waals surface area contributed by atoms with Crippen LogP contribution in [0.3, 0.4) is 0 Å². The van der Waals surface area contributed by atoms with Crippen LogP contribution in [0.1, 0.15) is 49.3 Å². The number of hydrogen-bond donors (Lipinski definition) is 1. The number of rotatable bonds is 3. The molecule has 21 heavy (non-hydrogen) atoms. The van der Waals surface area contributed by atoms with E-state index in [4.69, 9.17) is 0 Å². The number of benzene rings is 1. The van der Waals surface area contributed by atoms with Crippen LogP contribution in [0, 0.1) is 31.6 Å². The zero-order valence-electron chi connectivity index (χ0n) is 13.1. The summed E-state index contributed by atoms with van der Waals surface area (Å²) < 4.78 is 0. The minimum atomic E-state index is 0.120. The second kappa shape index (κ2) is 5.63. The van der Waals surface area contributed by atoms with E-state index < -0.39 is 0 Å². The number of fused-ring (bicyclic) bond motifs is 1. The largest absolute Gasteiger partial charge is 0.273 e. The summed E-state index contributed by atoms with van der Waals surface area (Å²) in [5.74, 6) is 1.62. The maximum absolute atomic E-state index is 12.2. The van der Waals surface area contributed by atoms with E-state index in [9.17, 15) is 4.79 Å². The van der Waals surface area contributed by atoms with Crippen LogP contribution in [0.4, 0.5) is 0 Å². The van der Waals surface area contributed by atoms with Crippen molar-refractivity contribution in [2.24, 2.45) is 22.9 Å². The maximum atomic E-state index is 12.2. The smallest absolute Gasteiger partial charge is 0.243 e. The first-order chi connectivity index (χ1) is 10.1. The molecule has 1 amide bonds. The lowest BCUT2D eigenvalue weighted by Gasteiger charge is -2.05. The Bertz CT molecular complexity index is 579. The third-order valence-corrected chi connectivity index (χ3v) is 5.22. The highest BCUT2D eigenvalue weighted by molar-refractivity contribution is 5.99. The van der Waals surface area contributed by atoms with E-state index in [1.807, 2.05) is 6.92 Å². The Balaban J connectivity index is 1.62. The Labute approximate surface area is 126 Å². The summed E-state index contributed by atoms with van der Waals surface area (Å²) in [7, 11) is 0. The summed E-state index contributed by atoms with van der Waals surface area (Å²) in [5.41, 5.74) is 7.26. The molecule has 0 heterocycles. The van der Waals surface area contributed by atoms with Gasteiger partial charge in [0.05, 0.1) is 5.71 Å². The van der Waals surface area contributed by atoms with Crippen LogP contribution in [0.2, 0.25) is 0 Å². The van der Waals surface area contributed by atoms with Crippen LogP contribution in [0.5, 0.6) is 0 Å². The van der Waals surface area contributed by atoms with Crippen LogP contribution in [0.25, 0.3) is 0 Å². The molecule has 0 saturated heterocycles. The molecule has 2 aliphatic rings. The molecule has 3 rings (SSSR count). The van der Waals surface area contributed by atoms with Gasteiger partial charge in [-0.15, -0.1) is 0 Å². The molecule has 1 aromatic carbocycles. The summed E-state index contributed by atoms with van der Waals surface area (Å²) in [6.07, 6.45) is 5.02. The number of nitrogens with one attached hydrogen (secondary N) is 1. The Morgan fingerprint density at radius 2 is 1.81 bits per heavy atom. The van der Waals surface area contributed by atoms with Gasteiger partial charge in [-0.25, -0.2) is 5.43 Å². The minimum absolute atomic E-state index is 0.120. The van der Waals surface area contributed by atoms with Crippen LogP contribution in [-0.4, -0.2) is 11.6 Å². The topological polar surface area (TPSA) is 41.5 Å². The summed E-state index contributed by atoms with van der Waals surface area (Å²) in [6, 6.07) is 6.28. The number of hydrazone groups is 1. The second-order valence-corrected chi connectivity index (χ2v) is 6.61. The molecular formula is C18H24N2O. The standard InChI is InChI=1S/C18H24N2O/c1-11-8-9-14(10-12(11)2)13(3)19-20-18(21)17-15-6-4-5-7-16(15)17/h8-10,15-17H,4-7H2,1-3H3,(H,20,21)/b19-13-. The van der Waals surface area contributed by atoms with Gasteiger partial charge in [0.25, 0.3) is 0 Å². The van der Waals surface area contributed by atoms with Crippen molar-refractivity contribution in [3.63, 3.8) is 0 Å². The molecule has 1 N–H and O–H groups in total. The molecule has 3 heteroatoms. The number of carbonyl (C=O) groups is 1. The van der Waals surface area contributed by atoms with Crippen molar-refractivity contribution in [3.05, 3.63) is 34.9 Å². The van der Waals surface area contributed by atoms with Crippen molar-refractivity contribution in [3.8, 4) is 0 Å². The number of amides is 1. The lowest BCUT2D eigenvalue weighted by molar-refractivity contribution is -0.122. The SMILES string of the molecule is C/C(=N/NC(=O)C1C2CCCCC21)c1ccc(C)c(C)c1. The molecule has 0 aromatic heterocycles. The van der Waals surface area contributed by atoms with Gasteiger partial charge < -0.3 is 0 Å². The lowest BCUT2D eigenvalue weighted by atomic mass is 10.0. The summed E-state index contributed by atoms with van der Waals surface area (Å²) >= 11 is 0. The van der Waals surface area contributed by atoms with Gasteiger partial charge in [-0.3, -0.25) is 4.79 Å². The normalized spacial score (nSPS) is 28.0. The van der Waals surface area contributed by atoms with Gasteiger partial charge in [0.15, 0.2) is 0 Å². The number of aryl methyl sites for hydroxylation is 2. The summed E-state index contributed by atoms with van der Waals surface area (Å²) in [6.45, 7) is 6.14. The summed E-state index contributed by atoms with van der Waals surface area (Å²) in [5, 5.41) is 4.30. The van der Waals surface area contributed by atoms with Crippen molar-refractivity contribution in [2.75, 3.05) is 0 Å². The first-order valence-electron chi connectivity index (χ1n) is 7.99. The molecule has 2 atom stereocenters. The van der Waals surface area contributed by atoms with E-state index in [2.05, 4.69) is 42.6 Å². The van der Waals surface area contributed by atoms with Crippen LogP contribution >= 0.6 is 0 Å². The average molecular weight is 284 g/mol. The van der Waals surface area contributed by atoms with Gasteiger partial charge in [-0.1, -0.05) is 25.0 Å². The quantitative estimate of drug-likeness (QED) is 0.669. The van der Waals surface area contributed by atoms with Gasteiger partial charge >= 0.3 is 0 Å². The minimum Gasteiger partial charge on any atom is -0.273 e. The van der Waals surface area contributed by atoms with Gasteiger partial charge in [-0.2, -0.15) is 5.10 Å². The Kier molecular flexibility index (Phi) is 3.83. The molecule has 112 valence electrons. The zero-order chi connectivity index (χ0) is 15.0. The number of carbonyl (C=O) groups excluding carboxylic acids is 1. The molecule has 1 aromatic rings. The Morgan fingerprint density at radius 1 is 1.14 bits per heavy atom. The van der Waals surface area contributed by atoms with Crippen LogP contribution in [0.15, 0.2) is 23.3 Å². The monoisotopic (exact) mass is 284 g/mol. The molecule has 2 unspecified atom stereocenters. The van der Waals surface area contributed by atoms with Gasteiger partial charge in [-0.05, 0) is 68.2 Å². The Hall–Kier alpha value is -1.64. The highest BCUT2D eigenvalue weighted by Gasteiger charge is 2.54. The predicted octanol–water partition coefficient (Wildman–Crippen LogP) is 3.58.